The molecule has 3 heterocycles. The second-order valence-corrected chi connectivity index (χ2v) is 4.34. The van der Waals surface area contributed by atoms with E-state index in [1.54, 1.807) is 10.8 Å². The maximum Gasteiger partial charge on any atom is 0.263 e. The average molecular weight is 243 g/mol. The number of nitrogens with one attached hydrogen (secondary N) is 1. The molecule has 3 aromatic heterocycles. The Labute approximate surface area is 103 Å². The van der Waals surface area contributed by atoms with Crippen LogP contribution >= 0.6 is 0 Å². The normalized spacial score (nSPS) is 11.2. The lowest BCUT2D eigenvalue weighted by Gasteiger charge is -2.07. The Balaban J connectivity index is 2.19. The number of H-pyrrole nitrogens is 1. The van der Waals surface area contributed by atoms with Gasteiger partial charge in [-0.2, -0.15) is 0 Å². The van der Waals surface area contributed by atoms with Crippen LogP contribution in [-0.4, -0.2) is 14.5 Å². The van der Waals surface area contributed by atoms with E-state index in [1.165, 1.54) is 0 Å². The summed E-state index contributed by atoms with van der Waals surface area (Å²) in [5, 5.41) is 0.615. The standard InChI is InChI=1S/C13H13N3O2/c1-8-6-11-12(14-8)15-9(2)16(13(11)17)7-10-4-3-5-18-10/h3-6,14H,7H2,1-2H3. The number of aryl methyl sites for hydroxylation is 2. The quantitative estimate of drug-likeness (QED) is 0.748. The molecule has 3 aromatic rings. The zero-order valence-electron chi connectivity index (χ0n) is 10.2. The molecule has 0 aromatic carbocycles. The summed E-state index contributed by atoms with van der Waals surface area (Å²) < 4.78 is 6.89. The molecular weight excluding hydrogens is 230 g/mol. The zero-order chi connectivity index (χ0) is 12.7. The van der Waals surface area contributed by atoms with Gasteiger partial charge in [-0.3, -0.25) is 9.36 Å². The van der Waals surface area contributed by atoms with Gasteiger partial charge in [0, 0.05) is 5.69 Å². The van der Waals surface area contributed by atoms with Gasteiger partial charge in [0.2, 0.25) is 0 Å². The molecule has 0 aliphatic carbocycles. The van der Waals surface area contributed by atoms with Crippen molar-refractivity contribution < 1.29 is 4.42 Å². The lowest BCUT2D eigenvalue weighted by atomic mass is 10.3. The van der Waals surface area contributed by atoms with E-state index in [0.717, 1.165) is 11.5 Å². The maximum atomic E-state index is 12.4. The van der Waals surface area contributed by atoms with E-state index >= 15 is 0 Å². The average Bonchev–Trinajstić information content (AvgIpc) is 2.93. The van der Waals surface area contributed by atoms with Gasteiger partial charge in [0.25, 0.3) is 5.56 Å². The number of nitrogens with zero attached hydrogens (tertiary/aromatic N) is 2. The molecule has 92 valence electrons. The van der Waals surface area contributed by atoms with Crippen LogP contribution in [0.1, 0.15) is 17.3 Å². The number of furan rings is 1. The Hall–Kier alpha value is -2.30. The topological polar surface area (TPSA) is 63.8 Å². The van der Waals surface area contributed by atoms with Crippen molar-refractivity contribution in [1.29, 1.82) is 0 Å². The molecule has 0 saturated heterocycles. The Morgan fingerprint density at radius 2 is 2.28 bits per heavy atom. The van der Waals surface area contributed by atoms with Gasteiger partial charge in [-0.15, -0.1) is 0 Å². The van der Waals surface area contributed by atoms with Gasteiger partial charge < -0.3 is 9.40 Å². The third-order valence-electron chi connectivity index (χ3n) is 2.97. The molecule has 0 amide bonds. The first-order chi connectivity index (χ1) is 8.65. The van der Waals surface area contributed by atoms with E-state index < -0.39 is 0 Å². The van der Waals surface area contributed by atoms with E-state index in [0.29, 0.717) is 23.4 Å². The van der Waals surface area contributed by atoms with Crippen LogP contribution < -0.4 is 5.56 Å². The largest absolute Gasteiger partial charge is 0.467 e. The van der Waals surface area contributed by atoms with E-state index in [4.69, 9.17) is 4.42 Å². The predicted octanol–water partition coefficient (Wildman–Crippen LogP) is 1.98. The minimum atomic E-state index is -0.0433. The van der Waals surface area contributed by atoms with Crippen LogP contribution in [0.5, 0.6) is 0 Å². The maximum absolute atomic E-state index is 12.4. The molecule has 0 atom stereocenters. The first kappa shape index (κ1) is 10.8. The molecule has 0 bridgehead atoms. The monoisotopic (exact) mass is 243 g/mol. The lowest BCUT2D eigenvalue weighted by Crippen LogP contribution is -2.23. The highest BCUT2D eigenvalue weighted by Crippen LogP contribution is 2.10. The van der Waals surface area contributed by atoms with Gasteiger partial charge in [-0.05, 0) is 32.0 Å². The Morgan fingerprint density at radius 1 is 1.44 bits per heavy atom. The number of hydrogen-bond acceptors (Lipinski definition) is 3. The van der Waals surface area contributed by atoms with Crippen molar-refractivity contribution >= 4 is 11.0 Å². The van der Waals surface area contributed by atoms with E-state index in [1.807, 2.05) is 32.0 Å². The molecule has 18 heavy (non-hydrogen) atoms. The summed E-state index contributed by atoms with van der Waals surface area (Å²) in [6.07, 6.45) is 1.60. The van der Waals surface area contributed by atoms with Crippen molar-refractivity contribution in [2.24, 2.45) is 0 Å². The van der Waals surface area contributed by atoms with Crippen LogP contribution in [0, 0.1) is 13.8 Å². The molecule has 0 aliphatic heterocycles. The molecule has 5 heteroatoms. The number of aromatic amines is 1. The van der Waals surface area contributed by atoms with Gasteiger partial charge in [-0.25, -0.2) is 4.98 Å². The van der Waals surface area contributed by atoms with E-state index in [2.05, 4.69) is 9.97 Å². The summed E-state index contributed by atoms with van der Waals surface area (Å²) in [5.41, 5.74) is 1.54. The first-order valence-electron chi connectivity index (χ1n) is 5.74. The van der Waals surface area contributed by atoms with Gasteiger partial charge in [-0.1, -0.05) is 0 Å². The highest BCUT2D eigenvalue weighted by Gasteiger charge is 2.11. The second-order valence-electron chi connectivity index (χ2n) is 4.34. The third kappa shape index (κ3) is 1.64. The van der Waals surface area contributed by atoms with Crippen LogP contribution in [0.2, 0.25) is 0 Å². The predicted molar refractivity (Wildman–Crippen MR) is 67.6 cm³/mol. The molecule has 0 fully saturated rings. The van der Waals surface area contributed by atoms with Gasteiger partial charge in [0.1, 0.15) is 17.2 Å². The fraction of sp³-hybridized carbons (Fsp3) is 0.231. The number of fused-ring (bicyclic) bond motifs is 1. The van der Waals surface area contributed by atoms with E-state index in [9.17, 15) is 4.79 Å². The summed E-state index contributed by atoms with van der Waals surface area (Å²) >= 11 is 0. The van der Waals surface area contributed by atoms with Gasteiger partial charge >= 0.3 is 0 Å². The van der Waals surface area contributed by atoms with Crippen LogP contribution in [-0.2, 0) is 6.54 Å². The Kier molecular flexibility index (Phi) is 2.33. The molecule has 0 spiro atoms. The first-order valence-corrected chi connectivity index (χ1v) is 5.74. The lowest BCUT2D eigenvalue weighted by molar-refractivity contribution is 0.485. The summed E-state index contributed by atoms with van der Waals surface area (Å²) in [5.74, 6) is 1.42. The fourth-order valence-electron chi connectivity index (χ4n) is 2.09. The molecular formula is C13H13N3O2. The van der Waals surface area contributed by atoms with Crippen LogP contribution in [0.15, 0.2) is 33.7 Å². The van der Waals surface area contributed by atoms with E-state index in [-0.39, 0.29) is 5.56 Å². The molecule has 3 rings (SSSR count). The highest BCUT2D eigenvalue weighted by atomic mass is 16.3. The smallest absolute Gasteiger partial charge is 0.263 e. The van der Waals surface area contributed by atoms with Gasteiger partial charge in [0.15, 0.2) is 0 Å². The van der Waals surface area contributed by atoms with Crippen molar-refractivity contribution in [3.8, 4) is 0 Å². The summed E-state index contributed by atoms with van der Waals surface area (Å²) in [6.45, 7) is 4.14. The molecule has 5 nitrogen and oxygen atoms in total. The van der Waals surface area contributed by atoms with Crippen molar-refractivity contribution in [2.75, 3.05) is 0 Å². The van der Waals surface area contributed by atoms with Crippen LogP contribution in [0.4, 0.5) is 0 Å². The zero-order valence-corrected chi connectivity index (χ0v) is 10.2. The summed E-state index contributed by atoms with van der Waals surface area (Å²) in [6, 6.07) is 5.48. The van der Waals surface area contributed by atoms with Crippen LogP contribution in [0.3, 0.4) is 0 Å². The number of rotatable bonds is 2. The minimum absolute atomic E-state index is 0.0433. The third-order valence-corrected chi connectivity index (χ3v) is 2.97. The highest BCUT2D eigenvalue weighted by molar-refractivity contribution is 5.75. The fourth-order valence-corrected chi connectivity index (χ4v) is 2.09. The number of aromatic nitrogens is 3. The molecule has 1 N–H and O–H groups in total. The van der Waals surface area contributed by atoms with Crippen molar-refractivity contribution in [3.63, 3.8) is 0 Å². The molecule has 0 aliphatic rings. The van der Waals surface area contributed by atoms with Crippen molar-refractivity contribution in [3.05, 3.63) is 52.1 Å². The molecule has 0 saturated carbocycles. The Morgan fingerprint density at radius 3 is 3.00 bits per heavy atom. The van der Waals surface area contributed by atoms with Crippen molar-refractivity contribution in [1.82, 2.24) is 14.5 Å². The van der Waals surface area contributed by atoms with Crippen molar-refractivity contribution in [2.45, 2.75) is 20.4 Å². The molecule has 0 unspecified atom stereocenters. The Bertz CT molecular complexity index is 750. The minimum Gasteiger partial charge on any atom is -0.467 e. The SMILES string of the molecule is Cc1cc2c(=O)n(Cc3ccco3)c(C)nc2[nH]1. The summed E-state index contributed by atoms with van der Waals surface area (Å²) in [7, 11) is 0. The number of hydrogen-bond donors (Lipinski definition) is 1. The summed E-state index contributed by atoms with van der Waals surface area (Å²) in [4.78, 5) is 19.8. The van der Waals surface area contributed by atoms with Crippen LogP contribution in [0.25, 0.3) is 11.0 Å². The second kappa shape index (κ2) is 3.87. The van der Waals surface area contributed by atoms with Gasteiger partial charge in [0.05, 0.1) is 18.2 Å². The molecule has 0 radical (unpaired) electrons.